The van der Waals surface area contributed by atoms with Crippen LogP contribution >= 0.6 is 24.8 Å². The molecule has 2 aliphatic rings. The smallest absolute Gasteiger partial charge is 0.237 e. The Bertz CT molecular complexity index is 639. The molecule has 1 aromatic rings. The highest BCUT2D eigenvalue weighted by molar-refractivity contribution is 5.85. The van der Waals surface area contributed by atoms with Gasteiger partial charge in [-0.15, -0.1) is 24.8 Å². The molecule has 6 nitrogen and oxygen atoms in total. The van der Waals surface area contributed by atoms with Crippen LogP contribution in [0.2, 0.25) is 0 Å². The maximum atomic E-state index is 12.2. The number of carbonyl (C=O) groups is 1. The van der Waals surface area contributed by atoms with Gasteiger partial charge in [-0.3, -0.25) is 14.7 Å². The van der Waals surface area contributed by atoms with Crippen molar-refractivity contribution in [2.24, 2.45) is 5.92 Å². The molecule has 2 fully saturated rings. The molecule has 2 saturated heterocycles. The van der Waals surface area contributed by atoms with Crippen LogP contribution in [-0.4, -0.2) is 55.1 Å². The summed E-state index contributed by atoms with van der Waals surface area (Å²) in [6.45, 7) is 8.80. The van der Waals surface area contributed by atoms with Crippen molar-refractivity contribution in [3.63, 3.8) is 0 Å². The van der Waals surface area contributed by atoms with E-state index >= 15 is 0 Å². The number of methoxy groups -OCH3 is 1. The lowest BCUT2D eigenvalue weighted by Crippen LogP contribution is -2.45. The highest BCUT2D eigenvalue weighted by atomic mass is 35.5. The summed E-state index contributed by atoms with van der Waals surface area (Å²) in [6, 6.07) is 0.0153. The largest absolute Gasteiger partial charge is 0.496 e. The van der Waals surface area contributed by atoms with E-state index in [1.54, 1.807) is 7.11 Å². The lowest BCUT2D eigenvalue weighted by Gasteiger charge is -2.33. The number of halogens is 2. The molecule has 0 aliphatic carbocycles. The molecule has 0 spiro atoms. The van der Waals surface area contributed by atoms with Crippen molar-refractivity contribution < 1.29 is 9.53 Å². The average molecular weight is 433 g/mol. The predicted molar refractivity (Wildman–Crippen MR) is 117 cm³/mol. The summed E-state index contributed by atoms with van der Waals surface area (Å²) in [5.41, 5.74) is 3.30. The SMILES string of the molecule is COc1c(C)cnc(CN2CCCC(CNC(=O)C3CCCN3)C2)c1C.Cl.Cl. The molecule has 28 heavy (non-hydrogen) atoms. The van der Waals surface area contributed by atoms with Gasteiger partial charge in [-0.25, -0.2) is 0 Å². The van der Waals surface area contributed by atoms with E-state index in [0.29, 0.717) is 5.92 Å². The van der Waals surface area contributed by atoms with Crippen molar-refractivity contribution in [3.05, 3.63) is 23.0 Å². The highest BCUT2D eigenvalue weighted by Gasteiger charge is 2.25. The first kappa shape index (κ1) is 25.0. The van der Waals surface area contributed by atoms with Crippen LogP contribution < -0.4 is 15.4 Å². The number of rotatable bonds is 6. The third kappa shape index (κ3) is 6.21. The van der Waals surface area contributed by atoms with Crippen LogP contribution in [0.3, 0.4) is 0 Å². The van der Waals surface area contributed by atoms with Crippen LogP contribution in [0.1, 0.15) is 42.5 Å². The summed E-state index contributed by atoms with van der Waals surface area (Å²) in [5.74, 6) is 1.63. The Morgan fingerprint density at radius 3 is 2.79 bits per heavy atom. The highest BCUT2D eigenvalue weighted by Crippen LogP contribution is 2.26. The molecule has 2 atom stereocenters. The monoisotopic (exact) mass is 432 g/mol. The van der Waals surface area contributed by atoms with Gasteiger partial charge in [0, 0.05) is 37.0 Å². The van der Waals surface area contributed by atoms with E-state index in [9.17, 15) is 4.79 Å². The number of aromatic nitrogens is 1. The van der Waals surface area contributed by atoms with Crippen LogP contribution in [0.25, 0.3) is 0 Å². The molecule has 1 amide bonds. The summed E-state index contributed by atoms with van der Waals surface area (Å²) in [7, 11) is 1.72. The number of likely N-dealkylation sites (tertiary alicyclic amines) is 1. The maximum Gasteiger partial charge on any atom is 0.237 e. The number of carbonyl (C=O) groups excluding carboxylic acids is 1. The van der Waals surface area contributed by atoms with E-state index in [4.69, 9.17) is 4.74 Å². The Morgan fingerprint density at radius 1 is 1.32 bits per heavy atom. The van der Waals surface area contributed by atoms with Crippen molar-refractivity contribution >= 4 is 30.7 Å². The summed E-state index contributed by atoms with van der Waals surface area (Å²) in [4.78, 5) is 19.3. The molecule has 2 N–H and O–H groups in total. The summed E-state index contributed by atoms with van der Waals surface area (Å²) < 4.78 is 5.53. The normalized spacial score (nSPS) is 22.1. The van der Waals surface area contributed by atoms with Gasteiger partial charge < -0.3 is 15.4 Å². The van der Waals surface area contributed by atoms with Crippen molar-refractivity contribution in [1.82, 2.24) is 20.5 Å². The van der Waals surface area contributed by atoms with Crippen molar-refractivity contribution in [1.29, 1.82) is 0 Å². The fourth-order valence-electron chi connectivity index (χ4n) is 4.18. The summed E-state index contributed by atoms with van der Waals surface area (Å²) >= 11 is 0. The van der Waals surface area contributed by atoms with E-state index in [2.05, 4.69) is 27.4 Å². The van der Waals surface area contributed by atoms with Gasteiger partial charge in [0.1, 0.15) is 5.75 Å². The fourth-order valence-corrected chi connectivity index (χ4v) is 4.18. The van der Waals surface area contributed by atoms with Crippen LogP contribution in [0.4, 0.5) is 0 Å². The molecule has 0 radical (unpaired) electrons. The standard InChI is InChI=1S/C20H32N4O2.2ClH/c1-14-10-22-18(15(2)19(14)26-3)13-24-9-5-6-16(12-24)11-23-20(25)17-7-4-8-21-17;;/h10,16-17,21H,4-9,11-13H2,1-3H3,(H,23,25);2*1H. The van der Waals surface area contributed by atoms with Gasteiger partial charge in [0.05, 0.1) is 18.8 Å². The molecule has 2 unspecified atom stereocenters. The Kier molecular flexibility index (Phi) is 10.5. The second-order valence-corrected chi connectivity index (χ2v) is 7.68. The van der Waals surface area contributed by atoms with E-state index in [-0.39, 0.29) is 36.8 Å². The average Bonchev–Trinajstić information content (AvgIpc) is 3.18. The Labute approximate surface area is 181 Å². The van der Waals surface area contributed by atoms with E-state index in [1.165, 1.54) is 12.8 Å². The number of pyridine rings is 1. The number of nitrogens with zero attached hydrogens (tertiary/aromatic N) is 2. The Hall–Kier alpha value is -1.08. The van der Waals surface area contributed by atoms with Gasteiger partial charge >= 0.3 is 0 Å². The minimum atomic E-state index is 0. The number of hydrogen-bond donors (Lipinski definition) is 2. The van der Waals surface area contributed by atoms with Gasteiger partial charge in [0.2, 0.25) is 5.91 Å². The predicted octanol–water partition coefficient (Wildman–Crippen LogP) is 2.63. The summed E-state index contributed by atoms with van der Waals surface area (Å²) in [6.07, 6.45) is 6.31. The molecule has 2 aliphatic heterocycles. The molecule has 0 bridgehead atoms. The third-order valence-corrected chi connectivity index (χ3v) is 5.67. The zero-order valence-electron chi connectivity index (χ0n) is 17.1. The van der Waals surface area contributed by atoms with Gasteiger partial charge in [-0.2, -0.15) is 0 Å². The fraction of sp³-hybridized carbons (Fsp3) is 0.700. The lowest BCUT2D eigenvalue weighted by molar-refractivity contribution is -0.123. The number of hydrogen-bond acceptors (Lipinski definition) is 5. The lowest BCUT2D eigenvalue weighted by atomic mass is 9.97. The first-order chi connectivity index (χ1) is 12.6. The molecule has 3 heterocycles. The molecule has 8 heteroatoms. The zero-order chi connectivity index (χ0) is 18.5. The van der Waals surface area contributed by atoms with Crippen LogP contribution in [0, 0.1) is 19.8 Å². The second-order valence-electron chi connectivity index (χ2n) is 7.68. The van der Waals surface area contributed by atoms with Crippen molar-refractivity contribution in [3.8, 4) is 5.75 Å². The maximum absolute atomic E-state index is 12.2. The third-order valence-electron chi connectivity index (χ3n) is 5.67. The number of aryl methyl sites for hydroxylation is 1. The molecule has 1 aromatic heterocycles. The molecule has 160 valence electrons. The van der Waals surface area contributed by atoms with Crippen LogP contribution in [0.15, 0.2) is 6.20 Å². The van der Waals surface area contributed by atoms with Crippen LogP contribution in [-0.2, 0) is 11.3 Å². The number of nitrogens with one attached hydrogen (secondary N) is 2. The van der Waals surface area contributed by atoms with Gasteiger partial charge in [0.15, 0.2) is 0 Å². The molecule has 0 aromatic carbocycles. The molecular formula is C20H34Cl2N4O2. The van der Waals surface area contributed by atoms with E-state index in [0.717, 1.165) is 68.1 Å². The van der Waals surface area contributed by atoms with Crippen molar-refractivity contribution in [2.45, 2.75) is 52.1 Å². The molecule has 3 rings (SSSR count). The number of amides is 1. The van der Waals surface area contributed by atoms with E-state index in [1.807, 2.05) is 13.1 Å². The first-order valence-electron chi connectivity index (χ1n) is 9.81. The van der Waals surface area contributed by atoms with E-state index < -0.39 is 0 Å². The van der Waals surface area contributed by atoms with Crippen LogP contribution in [0.5, 0.6) is 5.75 Å². The van der Waals surface area contributed by atoms with Gasteiger partial charge in [0.25, 0.3) is 0 Å². The second kappa shape index (κ2) is 11.8. The minimum absolute atomic E-state index is 0. The van der Waals surface area contributed by atoms with Gasteiger partial charge in [-0.05, 0) is 58.5 Å². The Balaban J connectivity index is 0.00000196. The quantitative estimate of drug-likeness (QED) is 0.722. The first-order valence-corrected chi connectivity index (χ1v) is 9.81. The zero-order valence-corrected chi connectivity index (χ0v) is 18.8. The summed E-state index contributed by atoms with van der Waals surface area (Å²) in [5, 5.41) is 6.42. The number of piperidine rings is 1. The van der Waals surface area contributed by atoms with Gasteiger partial charge in [-0.1, -0.05) is 0 Å². The molecular weight excluding hydrogens is 399 g/mol. The topological polar surface area (TPSA) is 66.5 Å². The number of ether oxygens (including phenoxy) is 1. The minimum Gasteiger partial charge on any atom is -0.496 e. The van der Waals surface area contributed by atoms with Crippen molar-refractivity contribution in [2.75, 3.05) is 33.3 Å². The Morgan fingerprint density at radius 2 is 2.11 bits per heavy atom. The molecule has 0 saturated carbocycles.